The topological polar surface area (TPSA) is 70.6 Å². The summed E-state index contributed by atoms with van der Waals surface area (Å²) in [6.45, 7) is 6.84. The molecule has 3 heterocycles. The van der Waals surface area contributed by atoms with Crippen molar-refractivity contribution in [3.8, 4) is 0 Å². The highest BCUT2D eigenvalue weighted by Crippen LogP contribution is 2.27. The standard InChI is InChI=1S/C20H25N5O2/c1-15-21-17(14-19(22-15)25-8-4-5-9-25)20(26)23-16-6-2-3-7-18(16)24-10-12-27-13-11-24/h2-3,6-7,14H,4-5,8-13H2,1H3,(H,23,26). The minimum atomic E-state index is -0.207. The maximum atomic E-state index is 12.9. The van der Waals surface area contributed by atoms with Gasteiger partial charge in [-0.25, -0.2) is 9.97 Å². The normalized spacial score (nSPS) is 17.2. The van der Waals surface area contributed by atoms with Crippen molar-refractivity contribution in [2.45, 2.75) is 19.8 Å². The first kappa shape index (κ1) is 17.7. The summed E-state index contributed by atoms with van der Waals surface area (Å²) in [5.41, 5.74) is 2.21. The first-order chi connectivity index (χ1) is 13.2. The number of benzene rings is 1. The maximum absolute atomic E-state index is 12.9. The van der Waals surface area contributed by atoms with E-state index in [0.29, 0.717) is 24.7 Å². The zero-order chi connectivity index (χ0) is 18.6. The quantitative estimate of drug-likeness (QED) is 0.895. The van der Waals surface area contributed by atoms with E-state index < -0.39 is 0 Å². The van der Waals surface area contributed by atoms with Crippen LogP contribution in [0.15, 0.2) is 30.3 Å². The zero-order valence-electron chi connectivity index (χ0n) is 15.6. The van der Waals surface area contributed by atoms with Gasteiger partial charge in [0, 0.05) is 32.2 Å². The van der Waals surface area contributed by atoms with Gasteiger partial charge >= 0.3 is 0 Å². The van der Waals surface area contributed by atoms with Crippen LogP contribution >= 0.6 is 0 Å². The molecule has 0 saturated carbocycles. The summed E-state index contributed by atoms with van der Waals surface area (Å²) >= 11 is 0. The van der Waals surface area contributed by atoms with Crippen molar-refractivity contribution in [2.75, 3.05) is 54.5 Å². The summed E-state index contributed by atoms with van der Waals surface area (Å²) < 4.78 is 5.44. The summed E-state index contributed by atoms with van der Waals surface area (Å²) in [5.74, 6) is 1.25. The van der Waals surface area contributed by atoms with Crippen LogP contribution < -0.4 is 15.1 Å². The SMILES string of the molecule is Cc1nc(C(=O)Nc2ccccc2N2CCOCC2)cc(N2CCCC2)n1. The predicted octanol–water partition coefficient (Wildman–Crippen LogP) is 2.47. The van der Waals surface area contributed by atoms with E-state index in [9.17, 15) is 4.79 Å². The molecule has 0 radical (unpaired) electrons. The lowest BCUT2D eigenvalue weighted by Gasteiger charge is -2.30. The lowest BCUT2D eigenvalue weighted by molar-refractivity contribution is 0.102. The molecule has 4 rings (SSSR count). The van der Waals surface area contributed by atoms with E-state index in [4.69, 9.17) is 4.74 Å². The number of carbonyl (C=O) groups is 1. The molecule has 1 N–H and O–H groups in total. The molecule has 2 aliphatic heterocycles. The molecule has 2 fully saturated rings. The van der Waals surface area contributed by atoms with Gasteiger partial charge in [0.15, 0.2) is 0 Å². The van der Waals surface area contributed by atoms with Crippen molar-refractivity contribution in [3.05, 3.63) is 41.9 Å². The Balaban J connectivity index is 1.56. The smallest absolute Gasteiger partial charge is 0.274 e. The van der Waals surface area contributed by atoms with Crippen LogP contribution in [0.2, 0.25) is 0 Å². The molecule has 1 aromatic carbocycles. The summed E-state index contributed by atoms with van der Waals surface area (Å²) in [6.07, 6.45) is 2.33. The number of ether oxygens (including phenoxy) is 1. The number of anilines is 3. The number of hydrogen-bond acceptors (Lipinski definition) is 6. The van der Waals surface area contributed by atoms with E-state index in [2.05, 4.69) is 25.1 Å². The second kappa shape index (κ2) is 7.92. The van der Waals surface area contributed by atoms with Gasteiger partial charge in [-0.15, -0.1) is 0 Å². The van der Waals surface area contributed by atoms with Gasteiger partial charge in [-0.2, -0.15) is 0 Å². The Labute approximate surface area is 159 Å². The number of para-hydroxylation sites is 2. The fourth-order valence-corrected chi connectivity index (χ4v) is 3.62. The van der Waals surface area contributed by atoms with Crippen LogP contribution in [0.5, 0.6) is 0 Å². The minimum Gasteiger partial charge on any atom is -0.378 e. The Bertz CT molecular complexity index is 814. The second-order valence-electron chi connectivity index (χ2n) is 6.92. The third kappa shape index (κ3) is 4.03. The molecule has 7 nitrogen and oxygen atoms in total. The fraction of sp³-hybridized carbons (Fsp3) is 0.450. The molecule has 1 aromatic heterocycles. The predicted molar refractivity (Wildman–Crippen MR) is 106 cm³/mol. The van der Waals surface area contributed by atoms with Crippen molar-refractivity contribution in [3.63, 3.8) is 0 Å². The van der Waals surface area contributed by atoms with Crippen molar-refractivity contribution in [2.24, 2.45) is 0 Å². The zero-order valence-corrected chi connectivity index (χ0v) is 15.6. The molecule has 0 spiro atoms. The Morgan fingerprint density at radius 1 is 1.04 bits per heavy atom. The third-order valence-electron chi connectivity index (χ3n) is 4.99. The second-order valence-corrected chi connectivity index (χ2v) is 6.92. The summed E-state index contributed by atoms with van der Waals surface area (Å²) in [5, 5.41) is 3.04. The third-order valence-corrected chi connectivity index (χ3v) is 4.99. The molecule has 0 bridgehead atoms. The first-order valence-electron chi connectivity index (χ1n) is 9.54. The molecule has 2 aromatic rings. The van der Waals surface area contributed by atoms with E-state index in [1.165, 1.54) is 0 Å². The van der Waals surface area contributed by atoms with Crippen LogP contribution in [0.3, 0.4) is 0 Å². The monoisotopic (exact) mass is 367 g/mol. The number of carbonyl (C=O) groups excluding carboxylic acids is 1. The highest BCUT2D eigenvalue weighted by molar-refractivity contribution is 6.05. The van der Waals surface area contributed by atoms with E-state index >= 15 is 0 Å². The largest absolute Gasteiger partial charge is 0.378 e. The number of nitrogens with one attached hydrogen (secondary N) is 1. The van der Waals surface area contributed by atoms with Crippen LogP contribution in [-0.4, -0.2) is 55.3 Å². The molecule has 0 atom stereocenters. The first-order valence-corrected chi connectivity index (χ1v) is 9.54. The summed E-state index contributed by atoms with van der Waals surface area (Å²) in [6, 6.07) is 9.67. The van der Waals surface area contributed by atoms with Gasteiger partial charge < -0.3 is 19.9 Å². The maximum Gasteiger partial charge on any atom is 0.274 e. The molecule has 2 aliphatic rings. The van der Waals surface area contributed by atoms with E-state index in [-0.39, 0.29) is 5.91 Å². The van der Waals surface area contributed by atoms with Crippen molar-refractivity contribution in [1.82, 2.24) is 9.97 Å². The van der Waals surface area contributed by atoms with Crippen LogP contribution in [0.25, 0.3) is 0 Å². The summed E-state index contributed by atoms with van der Waals surface area (Å²) in [7, 11) is 0. The molecule has 0 aliphatic carbocycles. The molecule has 27 heavy (non-hydrogen) atoms. The van der Waals surface area contributed by atoms with Crippen molar-refractivity contribution >= 4 is 23.1 Å². The van der Waals surface area contributed by atoms with Crippen molar-refractivity contribution < 1.29 is 9.53 Å². The van der Waals surface area contributed by atoms with Gasteiger partial charge in [0.2, 0.25) is 0 Å². The number of morpholine rings is 1. The Hall–Kier alpha value is -2.67. The van der Waals surface area contributed by atoms with Gasteiger partial charge in [0.1, 0.15) is 17.3 Å². The van der Waals surface area contributed by atoms with Gasteiger partial charge in [-0.05, 0) is 31.9 Å². The summed E-state index contributed by atoms with van der Waals surface area (Å²) in [4.78, 5) is 26.2. The lowest BCUT2D eigenvalue weighted by Crippen LogP contribution is -2.36. The van der Waals surface area contributed by atoms with Crippen molar-refractivity contribution in [1.29, 1.82) is 0 Å². The fourth-order valence-electron chi connectivity index (χ4n) is 3.62. The molecule has 0 unspecified atom stereocenters. The number of hydrogen-bond donors (Lipinski definition) is 1. The van der Waals surface area contributed by atoms with Crippen LogP contribution in [0.4, 0.5) is 17.2 Å². The molecule has 142 valence electrons. The highest BCUT2D eigenvalue weighted by Gasteiger charge is 2.20. The number of nitrogens with zero attached hydrogens (tertiary/aromatic N) is 4. The number of amides is 1. The van der Waals surface area contributed by atoms with Crippen LogP contribution in [0, 0.1) is 6.92 Å². The van der Waals surface area contributed by atoms with Gasteiger partial charge in [0.25, 0.3) is 5.91 Å². The average molecular weight is 367 g/mol. The average Bonchev–Trinajstić information content (AvgIpc) is 3.23. The van der Waals surface area contributed by atoms with Gasteiger partial charge in [0.05, 0.1) is 24.6 Å². The number of aryl methyl sites for hydroxylation is 1. The van der Waals surface area contributed by atoms with Crippen LogP contribution in [0.1, 0.15) is 29.2 Å². The Kier molecular flexibility index (Phi) is 5.20. The molecule has 7 heteroatoms. The van der Waals surface area contributed by atoms with Gasteiger partial charge in [-0.1, -0.05) is 12.1 Å². The van der Waals surface area contributed by atoms with E-state index in [1.54, 1.807) is 6.07 Å². The number of rotatable bonds is 4. The van der Waals surface area contributed by atoms with E-state index in [0.717, 1.165) is 56.2 Å². The minimum absolute atomic E-state index is 0.207. The Morgan fingerprint density at radius 3 is 2.56 bits per heavy atom. The molecular formula is C20H25N5O2. The van der Waals surface area contributed by atoms with E-state index in [1.807, 2.05) is 31.2 Å². The molecular weight excluding hydrogens is 342 g/mol. The molecule has 1 amide bonds. The van der Waals surface area contributed by atoms with Crippen LogP contribution in [-0.2, 0) is 4.74 Å². The lowest BCUT2D eigenvalue weighted by atomic mass is 10.2. The number of aromatic nitrogens is 2. The molecule has 2 saturated heterocycles. The Morgan fingerprint density at radius 2 is 1.78 bits per heavy atom. The highest BCUT2D eigenvalue weighted by atomic mass is 16.5. The van der Waals surface area contributed by atoms with Gasteiger partial charge in [-0.3, -0.25) is 4.79 Å².